The summed E-state index contributed by atoms with van der Waals surface area (Å²) < 4.78 is 6.98. The van der Waals surface area contributed by atoms with E-state index < -0.39 is 0 Å². The quantitative estimate of drug-likeness (QED) is 0.786. The molecule has 112 valence electrons. The largest absolute Gasteiger partial charge is 0.496 e. The van der Waals surface area contributed by atoms with Crippen molar-refractivity contribution < 1.29 is 9.53 Å². The number of amides is 1. The number of hydrogen-bond acceptors (Lipinski definition) is 4. The van der Waals surface area contributed by atoms with E-state index in [1.54, 1.807) is 53.6 Å². The normalized spacial score (nSPS) is 10.4. The van der Waals surface area contributed by atoms with Crippen molar-refractivity contribution in [2.45, 2.75) is 6.54 Å². The van der Waals surface area contributed by atoms with Gasteiger partial charge in [0.15, 0.2) is 0 Å². The fourth-order valence-electron chi connectivity index (χ4n) is 2.13. The van der Waals surface area contributed by atoms with Crippen molar-refractivity contribution >= 4 is 23.1 Å². The lowest BCUT2D eigenvalue weighted by atomic mass is 10.2. The fraction of sp³-hybridized carbons (Fsp3) is 0.125. The second-order valence-electron chi connectivity index (χ2n) is 4.61. The van der Waals surface area contributed by atoms with Crippen LogP contribution in [-0.4, -0.2) is 22.8 Å². The number of ether oxygens (including phenoxy) is 1. The van der Waals surface area contributed by atoms with Gasteiger partial charge in [0.25, 0.3) is 5.91 Å². The Kier molecular flexibility index (Phi) is 4.20. The SMILES string of the molecule is COc1ccccc1C(=O)Nc1ccnn1Cc1cccs1. The number of carbonyl (C=O) groups is 1. The third-order valence-corrected chi connectivity index (χ3v) is 4.06. The highest BCUT2D eigenvalue weighted by atomic mass is 32.1. The van der Waals surface area contributed by atoms with Crippen LogP contribution in [0, 0.1) is 0 Å². The van der Waals surface area contributed by atoms with Crippen molar-refractivity contribution in [2.24, 2.45) is 0 Å². The van der Waals surface area contributed by atoms with Gasteiger partial charge in [-0.25, -0.2) is 4.68 Å². The van der Waals surface area contributed by atoms with Gasteiger partial charge in [0.2, 0.25) is 0 Å². The molecule has 0 fully saturated rings. The molecule has 1 aromatic carbocycles. The van der Waals surface area contributed by atoms with Crippen molar-refractivity contribution in [3.05, 3.63) is 64.5 Å². The van der Waals surface area contributed by atoms with Crippen molar-refractivity contribution in [2.75, 3.05) is 12.4 Å². The monoisotopic (exact) mass is 313 g/mol. The second-order valence-corrected chi connectivity index (χ2v) is 5.64. The summed E-state index contributed by atoms with van der Waals surface area (Å²) in [6.07, 6.45) is 1.67. The topological polar surface area (TPSA) is 56.1 Å². The van der Waals surface area contributed by atoms with Crippen molar-refractivity contribution in [3.8, 4) is 5.75 Å². The van der Waals surface area contributed by atoms with Gasteiger partial charge in [0, 0.05) is 10.9 Å². The van der Waals surface area contributed by atoms with Gasteiger partial charge in [0.1, 0.15) is 11.6 Å². The van der Waals surface area contributed by atoms with E-state index in [4.69, 9.17) is 4.74 Å². The predicted molar refractivity (Wildman–Crippen MR) is 86.6 cm³/mol. The van der Waals surface area contributed by atoms with E-state index in [0.717, 1.165) is 0 Å². The van der Waals surface area contributed by atoms with E-state index in [2.05, 4.69) is 10.4 Å². The third kappa shape index (κ3) is 3.01. The maximum atomic E-state index is 12.4. The van der Waals surface area contributed by atoms with Crippen LogP contribution in [0.15, 0.2) is 54.0 Å². The van der Waals surface area contributed by atoms with Crippen molar-refractivity contribution in [1.82, 2.24) is 9.78 Å². The molecule has 2 heterocycles. The molecule has 0 unspecified atom stereocenters. The number of benzene rings is 1. The lowest BCUT2D eigenvalue weighted by Crippen LogP contribution is -2.16. The molecule has 0 aliphatic carbocycles. The number of nitrogens with one attached hydrogen (secondary N) is 1. The first kappa shape index (κ1) is 14.3. The molecule has 5 nitrogen and oxygen atoms in total. The number of rotatable bonds is 5. The first-order chi connectivity index (χ1) is 10.8. The molecular weight excluding hydrogens is 298 g/mol. The van der Waals surface area contributed by atoms with Gasteiger partial charge in [-0.3, -0.25) is 4.79 Å². The molecule has 3 rings (SSSR count). The molecule has 0 aliphatic rings. The Labute approximate surface area is 132 Å². The van der Waals surface area contributed by atoms with Crippen LogP contribution in [-0.2, 0) is 6.54 Å². The number of aromatic nitrogens is 2. The molecule has 1 amide bonds. The highest BCUT2D eigenvalue weighted by molar-refractivity contribution is 7.09. The van der Waals surface area contributed by atoms with Crippen LogP contribution in [0.5, 0.6) is 5.75 Å². The number of carbonyl (C=O) groups excluding carboxylic acids is 1. The van der Waals surface area contributed by atoms with Crippen LogP contribution < -0.4 is 10.1 Å². The lowest BCUT2D eigenvalue weighted by Gasteiger charge is -2.10. The molecule has 0 spiro atoms. The third-order valence-electron chi connectivity index (χ3n) is 3.20. The molecule has 0 saturated heterocycles. The van der Waals surface area contributed by atoms with Gasteiger partial charge in [-0.05, 0) is 23.6 Å². The molecule has 3 aromatic rings. The maximum absolute atomic E-state index is 12.4. The average molecular weight is 313 g/mol. The molecule has 1 N–H and O–H groups in total. The van der Waals surface area contributed by atoms with Crippen LogP contribution in [0.1, 0.15) is 15.2 Å². The molecule has 22 heavy (non-hydrogen) atoms. The number of thiophene rings is 1. The Hall–Kier alpha value is -2.60. The molecule has 0 saturated carbocycles. The van der Waals surface area contributed by atoms with Crippen LogP contribution in [0.4, 0.5) is 5.82 Å². The van der Waals surface area contributed by atoms with Gasteiger partial charge < -0.3 is 10.1 Å². The van der Waals surface area contributed by atoms with Crippen LogP contribution in [0.25, 0.3) is 0 Å². The van der Waals surface area contributed by atoms with E-state index in [0.29, 0.717) is 23.7 Å². The minimum Gasteiger partial charge on any atom is -0.496 e. The second kappa shape index (κ2) is 6.44. The summed E-state index contributed by atoms with van der Waals surface area (Å²) in [5.74, 6) is 0.985. The van der Waals surface area contributed by atoms with E-state index >= 15 is 0 Å². The number of anilines is 1. The van der Waals surface area contributed by atoms with Crippen LogP contribution in [0.2, 0.25) is 0 Å². The molecule has 0 radical (unpaired) electrons. The van der Waals surface area contributed by atoms with Crippen LogP contribution >= 0.6 is 11.3 Å². The Morgan fingerprint density at radius 1 is 1.27 bits per heavy atom. The van der Waals surface area contributed by atoms with Crippen molar-refractivity contribution in [1.29, 1.82) is 0 Å². The zero-order valence-electron chi connectivity index (χ0n) is 12.0. The fourth-order valence-corrected chi connectivity index (χ4v) is 2.82. The summed E-state index contributed by atoms with van der Waals surface area (Å²) in [6, 6.07) is 12.9. The van der Waals surface area contributed by atoms with Gasteiger partial charge in [-0.1, -0.05) is 18.2 Å². The summed E-state index contributed by atoms with van der Waals surface area (Å²) in [5, 5.41) is 9.16. The van der Waals surface area contributed by atoms with Gasteiger partial charge >= 0.3 is 0 Å². The molecule has 0 atom stereocenters. The number of nitrogens with zero attached hydrogens (tertiary/aromatic N) is 2. The number of methoxy groups -OCH3 is 1. The summed E-state index contributed by atoms with van der Waals surface area (Å²) >= 11 is 1.66. The van der Waals surface area contributed by atoms with E-state index in [1.165, 1.54) is 4.88 Å². The van der Waals surface area contributed by atoms with Crippen LogP contribution in [0.3, 0.4) is 0 Å². The number of para-hydroxylation sites is 1. The Morgan fingerprint density at radius 3 is 2.91 bits per heavy atom. The molecule has 0 aliphatic heterocycles. The first-order valence-corrected chi connectivity index (χ1v) is 7.64. The van der Waals surface area contributed by atoms with E-state index in [1.807, 2.05) is 23.6 Å². The average Bonchev–Trinajstić information content (AvgIpc) is 3.20. The summed E-state index contributed by atoms with van der Waals surface area (Å²) in [7, 11) is 1.55. The molecule has 0 bridgehead atoms. The minimum absolute atomic E-state index is 0.217. The first-order valence-electron chi connectivity index (χ1n) is 6.76. The van der Waals surface area contributed by atoms with Gasteiger partial charge in [-0.15, -0.1) is 11.3 Å². The predicted octanol–water partition coefficient (Wildman–Crippen LogP) is 3.25. The minimum atomic E-state index is -0.217. The lowest BCUT2D eigenvalue weighted by molar-refractivity contribution is 0.102. The molecule has 6 heteroatoms. The summed E-state index contributed by atoms with van der Waals surface area (Å²) in [5.41, 5.74) is 0.494. The molecule has 2 aromatic heterocycles. The Bertz CT molecular complexity index is 765. The standard InChI is InChI=1S/C16H15N3O2S/c1-21-14-7-3-2-6-13(14)16(20)18-15-8-9-17-19(15)11-12-5-4-10-22-12/h2-10H,11H2,1H3,(H,18,20). The van der Waals surface area contributed by atoms with Crippen molar-refractivity contribution in [3.63, 3.8) is 0 Å². The highest BCUT2D eigenvalue weighted by Gasteiger charge is 2.14. The summed E-state index contributed by atoms with van der Waals surface area (Å²) in [4.78, 5) is 13.6. The highest BCUT2D eigenvalue weighted by Crippen LogP contribution is 2.20. The summed E-state index contributed by atoms with van der Waals surface area (Å²) in [6.45, 7) is 0.631. The Balaban J connectivity index is 1.79. The smallest absolute Gasteiger partial charge is 0.260 e. The number of hydrogen-bond donors (Lipinski definition) is 1. The zero-order valence-corrected chi connectivity index (χ0v) is 12.8. The van der Waals surface area contributed by atoms with E-state index in [-0.39, 0.29) is 5.91 Å². The molecular formula is C16H15N3O2S. The van der Waals surface area contributed by atoms with Gasteiger partial charge in [-0.2, -0.15) is 5.10 Å². The Morgan fingerprint density at radius 2 is 2.14 bits per heavy atom. The van der Waals surface area contributed by atoms with Gasteiger partial charge in [0.05, 0.1) is 25.4 Å². The van der Waals surface area contributed by atoms with E-state index in [9.17, 15) is 4.79 Å². The maximum Gasteiger partial charge on any atom is 0.260 e. The zero-order chi connectivity index (χ0) is 15.4.